The molecule has 12 nitrogen and oxygen atoms in total. The van der Waals surface area contributed by atoms with Crippen LogP contribution in [-0.2, 0) is 0 Å². The van der Waals surface area contributed by atoms with Gasteiger partial charge in [-0.15, -0.1) is 4.57 Å². The van der Waals surface area contributed by atoms with E-state index >= 15 is 0 Å². The second-order valence-electron chi connectivity index (χ2n) is 22.3. The Hall–Kier alpha value is -9.03. The molecular weight excluding hydrogens is 1020 g/mol. The standard InChI is InChI=1S/C71H80N10O2/c1-48-41-61(77-62-43-51(4)66(79(6)7)46-63(62)76-57-24-16-14-17-25-57)50(3)40-59(48)72-36-20-10-12-22-38-74-70(82)55-32-28-53(29-33-55)54-30-34-56(35-31-54)71(83)75-39-23-13-11-21-37-73-60-45-68-64(42-49(60)2)78-65-44-52(5)67(80(8)9)47-69(65)81(68)58-26-18-15-19-27-58/h14-19,24-35,40-47,72,76H,3,10-13,20-23,36-39H2,1-2,4-9H3,(H2,74,75,82,83)/p+1. The van der Waals surface area contributed by atoms with Crippen molar-refractivity contribution in [2.45, 2.75) is 79.1 Å². The minimum absolute atomic E-state index is 0.0709. The number of aromatic nitrogens is 2. The molecule has 0 bridgehead atoms. The highest BCUT2D eigenvalue weighted by Gasteiger charge is 2.23. The number of allylic oxidation sites excluding steroid dienone is 4. The van der Waals surface area contributed by atoms with Crippen LogP contribution in [0.25, 0.3) is 38.9 Å². The minimum atomic E-state index is -0.0739. The molecule has 12 heteroatoms. The zero-order valence-electron chi connectivity index (χ0n) is 49.8. The molecule has 9 rings (SSSR count). The highest BCUT2D eigenvalue weighted by Crippen LogP contribution is 2.36. The topological polar surface area (TPSA) is 130 Å². The summed E-state index contributed by atoms with van der Waals surface area (Å²) >= 11 is 0. The molecule has 2 amide bonds. The van der Waals surface area contributed by atoms with E-state index in [0.29, 0.717) is 24.2 Å². The maximum atomic E-state index is 13.1. The van der Waals surface area contributed by atoms with Crippen molar-refractivity contribution < 1.29 is 14.2 Å². The number of benzene rings is 7. The van der Waals surface area contributed by atoms with Crippen LogP contribution >= 0.6 is 0 Å². The Labute approximate surface area is 491 Å². The lowest BCUT2D eigenvalue weighted by Gasteiger charge is -2.21. The first-order valence-corrected chi connectivity index (χ1v) is 29.3. The normalized spacial score (nSPS) is 12.7. The van der Waals surface area contributed by atoms with Gasteiger partial charge < -0.3 is 36.4 Å². The highest BCUT2D eigenvalue weighted by molar-refractivity contribution is 6.13. The lowest BCUT2D eigenvalue weighted by molar-refractivity contribution is -0.538. The molecule has 0 atom stereocenters. The van der Waals surface area contributed by atoms with Gasteiger partial charge in [0.05, 0.1) is 17.1 Å². The van der Waals surface area contributed by atoms with Gasteiger partial charge in [0, 0.05) is 118 Å². The average Bonchev–Trinajstić information content (AvgIpc) is 3.63. The molecule has 8 aromatic rings. The molecule has 0 spiro atoms. The number of amides is 2. The Bertz CT molecular complexity index is 3700. The van der Waals surface area contributed by atoms with Crippen molar-refractivity contribution in [1.82, 2.24) is 20.9 Å². The largest absolute Gasteiger partial charge is 0.385 e. The van der Waals surface area contributed by atoms with Gasteiger partial charge in [-0.05, 0) is 165 Å². The number of anilines is 5. The fourth-order valence-electron chi connectivity index (χ4n) is 10.8. The minimum Gasteiger partial charge on any atom is -0.385 e. The number of aliphatic imine (C=N–C) groups is 1. The van der Waals surface area contributed by atoms with Gasteiger partial charge in [-0.1, -0.05) is 92.9 Å². The Morgan fingerprint density at radius 1 is 0.530 bits per heavy atom. The predicted molar refractivity (Wildman–Crippen MR) is 348 cm³/mol. The smallest absolute Gasteiger partial charge is 0.251 e. The molecule has 1 aliphatic carbocycles. The van der Waals surface area contributed by atoms with Crippen molar-refractivity contribution in [3.63, 3.8) is 0 Å². The first kappa shape index (κ1) is 58.6. The number of nitrogens with one attached hydrogen (secondary N) is 5. The second-order valence-corrected chi connectivity index (χ2v) is 22.3. The molecule has 0 saturated carbocycles. The van der Waals surface area contributed by atoms with Crippen LogP contribution in [0, 0.1) is 20.8 Å². The number of fused-ring (bicyclic) bond motifs is 2. The summed E-state index contributed by atoms with van der Waals surface area (Å²) in [7, 11) is 8.28. The fraction of sp³-hybridized carbons (Fsp3) is 0.282. The lowest BCUT2D eigenvalue weighted by Crippen LogP contribution is -2.33. The summed E-state index contributed by atoms with van der Waals surface area (Å²) in [6, 6.07) is 49.2. The summed E-state index contributed by atoms with van der Waals surface area (Å²) in [4.78, 5) is 40.6. The molecule has 1 aromatic heterocycles. The molecule has 0 radical (unpaired) electrons. The van der Waals surface area contributed by atoms with Crippen molar-refractivity contribution in [3.05, 3.63) is 209 Å². The lowest BCUT2D eigenvalue weighted by atomic mass is 9.98. The summed E-state index contributed by atoms with van der Waals surface area (Å²) in [5.74, 6) is -0.145. The van der Waals surface area contributed by atoms with E-state index in [1.807, 2.05) is 66.7 Å². The van der Waals surface area contributed by atoms with Crippen LogP contribution in [0.2, 0.25) is 0 Å². The number of unbranched alkanes of at least 4 members (excludes halogenated alkanes) is 6. The van der Waals surface area contributed by atoms with Gasteiger partial charge in [0.15, 0.2) is 0 Å². The number of carbonyl (C=O) groups excluding carboxylic acids is 2. The van der Waals surface area contributed by atoms with Gasteiger partial charge in [-0.25, -0.2) is 9.98 Å². The maximum Gasteiger partial charge on any atom is 0.251 e. The fourth-order valence-corrected chi connectivity index (χ4v) is 10.8. The van der Waals surface area contributed by atoms with Crippen LogP contribution in [0.1, 0.15) is 95.7 Å². The zero-order chi connectivity index (χ0) is 58.4. The van der Waals surface area contributed by atoms with E-state index in [-0.39, 0.29) is 11.8 Å². The van der Waals surface area contributed by atoms with Crippen molar-refractivity contribution in [1.29, 1.82) is 0 Å². The van der Waals surface area contributed by atoms with Crippen LogP contribution in [-0.4, -0.2) is 76.9 Å². The summed E-state index contributed by atoms with van der Waals surface area (Å²) in [6.45, 7) is 15.8. The van der Waals surface area contributed by atoms with Gasteiger partial charge >= 0.3 is 0 Å². The Balaban J connectivity index is 0.653. The summed E-state index contributed by atoms with van der Waals surface area (Å²) in [6.07, 6.45) is 12.2. The van der Waals surface area contributed by atoms with Crippen LogP contribution < -0.4 is 41.0 Å². The maximum absolute atomic E-state index is 13.1. The van der Waals surface area contributed by atoms with E-state index < -0.39 is 0 Å². The quantitative estimate of drug-likeness (QED) is 0.0217. The second kappa shape index (κ2) is 27.6. The molecule has 1 aliphatic rings. The van der Waals surface area contributed by atoms with Gasteiger partial charge in [-0.3, -0.25) is 9.59 Å². The highest BCUT2D eigenvalue weighted by atomic mass is 16.2. The van der Waals surface area contributed by atoms with Gasteiger partial charge in [0.25, 0.3) is 11.8 Å². The van der Waals surface area contributed by atoms with Gasteiger partial charge in [0.2, 0.25) is 16.7 Å². The first-order chi connectivity index (χ1) is 40.2. The van der Waals surface area contributed by atoms with Crippen LogP contribution in [0.5, 0.6) is 0 Å². The van der Waals surface area contributed by atoms with Crippen LogP contribution in [0.4, 0.5) is 34.1 Å². The zero-order valence-corrected chi connectivity index (χ0v) is 49.8. The number of hydrogen-bond donors (Lipinski definition) is 5. The Morgan fingerprint density at radius 3 is 1.61 bits per heavy atom. The molecule has 7 aromatic carbocycles. The summed E-state index contributed by atoms with van der Waals surface area (Å²) in [5, 5.41) is 17.1. The summed E-state index contributed by atoms with van der Waals surface area (Å²) < 4.78 is 2.33. The SMILES string of the molecule is C=C1C=C(NCCCCCCNC(=O)c2ccc(-c3ccc(C(=O)NCCCCCCNc4cc5c(cc4C)nc4cc(C)c(N(C)C)cc4[n+]5-c4ccccc4)cc3)cc2)C(C)=CC1=Nc1cc(C)c(N(C)C)cc1Nc1ccccc1. The molecule has 5 N–H and O–H groups in total. The predicted octanol–water partition coefficient (Wildman–Crippen LogP) is 14.6. The van der Waals surface area contributed by atoms with Gasteiger partial charge in [0.1, 0.15) is 11.0 Å². The number of nitrogens with zero attached hydrogens (tertiary/aromatic N) is 5. The molecular formula is C71H81N10O2+. The van der Waals surface area contributed by atoms with E-state index in [9.17, 15) is 9.59 Å². The van der Waals surface area contributed by atoms with E-state index in [1.54, 1.807) is 0 Å². The summed E-state index contributed by atoms with van der Waals surface area (Å²) in [5.41, 5.74) is 22.1. The van der Waals surface area contributed by atoms with Crippen molar-refractivity contribution in [2.24, 2.45) is 4.99 Å². The molecule has 0 fully saturated rings. The number of para-hydroxylation sites is 2. The van der Waals surface area contributed by atoms with Crippen LogP contribution in [0.3, 0.4) is 0 Å². The molecule has 0 unspecified atom stereocenters. The molecule has 1 heterocycles. The van der Waals surface area contributed by atoms with E-state index in [0.717, 1.165) is 160 Å². The third-order valence-corrected chi connectivity index (χ3v) is 15.4. The third-order valence-electron chi connectivity index (χ3n) is 15.4. The van der Waals surface area contributed by atoms with E-state index in [4.69, 9.17) is 9.98 Å². The van der Waals surface area contributed by atoms with Crippen LogP contribution in [0.15, 0.2) is 186 Å². The first-order valence-electron chi connectivity index (χ1n) is 29.3. The monoisotopic (exact) mass is 1110 g/mol. The Kier molecular flexibility index (Phi) is 19.5. The molecule has 83 heavy (non-hydrogen) atoms. The van der Waals surface area contributed by atoms with E-state index in [1.165, 1.54) is 16.8 Å². The number of carbonyl (C=O) groups is 2. The van der Waals surface area contributed by atoms with Crippen molar-refractivity contribution in [2.75, 3.05) is 74.8 Å². The molecule has 0 saturated heterocycles. The number of hydrogen-bond acceptors (Lipinski definition) is 9. The average molecular weight is 1110 g/mol. The van der Waals surface area contributed by atoms with Gasteiger partial charge in [-0.2, -0.15) is 0 Å². The number of aryl methyl sites for hydroxylation is 3. The molecule has 0 aliphatic heterocycles. The Morgan fingerprint density at radius 2 is 1.04 bits per heavy atom. The number of rotatable bonds is 25. The molecule has 426 valence electrons. The van der Waals surface area contributed by atoms with Crippen molar-refractivity contribution >= 4 is 73.7 Å². The third kappa shape index (κ3) is 14.9. The van der Waals surface area contributed by atoms with E-state index in [2.05, 4.69) is 194 Å². The van der Waals surface area contributed by atoms with Crippen molar-refractivity contribution in [3.8, 4) is 16.8 Å².